The number of imidazole rings is 1. The van der Waals surface area contributed by atoms with Crippen molar-refractivity contribution in [3.8, 4) is 0 Å². The molecule has 0 spiro atoms. The van der Waals surface area contributed by atoms with Gasteiger partial charge >= 0.3 is 0 Å². The van der Waals surface area contributed by atoms with Crippen LogP contribution in [0.2, 0.25) is 0 Å². The smallest absolute Gasteiger partial charge is 0.245 e. The molecule has 142 valence electrons. The van der Waals surface area contributed by atoms with E-state index in [2.05, 4.69) is 34.6 Å². The third kappa shape index (κ3) is 3.09. The van der Waals surface area contributed by atoms with Gasteiger partial charge in [-0.15, -0.1) is 0 Å². The summed E-state index contributed by atoms with van der Waals surface area (Å²) in [7, 11) is 2.04. The first-order valence-corrected chi connectivity index (χ1v) is 9.47. The fourth-order valence-corrected chi connectivity index (χ4v) is 3.84. The maximum atomic E-state index is 4.83. The van der Waals surface area contributed by atoms with Crippen LogP contribution in [0.3, 0.4) is 0 Å². The first kappa shape index (κ1) is 16.4. The molecule has 0 N–H and O–H groups in total. The van der Waals surface area contributed by atoms with E-state index < -0.39 is 0 Å². The van der Waals surface area contributed by atoms with Gasteiger partial charge in [-0.05, 0) is 23.2 Å². The summed E-state index contributed by atoms with van der Waals surface area (Å²) in [5.41, 5.74) is 0.956. The van der Waals surface area contributed by atoms with Gasteiger partial charge in [0.1, 0.15) is 5.82 Å². The molecule has 5 heterocycles. The predicted octanol–water partition coefficient (Wildman–Crippen LogP) is 0.669. The van der Waals surface area contributed by atoms with Crippen molar-refractivity contribution < 1.29 is 4.63 Å². The van der Waals surface area contributed by atoms with E-state index >= 15 is 0 Å². The monoisotopic (exact) mass is 369 g/mol. The van der Waals surface area contributed by atoms with E-state index in [4.69, 9.17) is 14.6 Å². The SMILES string of the molecule is Cn1ccnc1CN1CCN(c2nc3nonc3nc2N2CCCC2)CC1. The van der Waals surface area contributed by atoms with Gasteiger partial charge in [0.15, 0.2) is 11.6 Å². The molecule has 3 aromatic heterocycles. The van der Waals surface area contributed by atoms with Crippen molar-refractivity contribution in [3.05, 3.63) is 18.2 Å². The number of hydrogen-bond donors (Lipinski definition) is 0. The number of aryl methyl sites for hydroxylation is 1. The highest BCUT2D eigenvalue weighted by atomic mass is 16.6. The molecule has 10 nitrogen and oxygen atoms in total. The van der Waals surface area contributed by atoms with Crippen LogP contribution >= 0.6 is 0 Å². The Kier molecular flexibility index (Phi) is 4.12. The van der Waals surface area contributed by atoms with Crippen LogP contribution in [0.1, 0.15) is 18.7 Å². The average molecular weight is 369 g/mol. The van der Waals surface area contributed by atoms with Gasteiger partial charge < -0.3 is 14.4 Å². The molecule has 0 saturated carbocycles. The van der Waals surface area contributed by atoms with Gasteiger partial charge in [0, 0.05) is 58.7 Å². The highest BCUT2D eigenvalue weighted by molar-refractivity contribution is 5.75. The molecule has 0 atom stereocenters. The van der Waals surface area contributed by atoms with E-state index in [1.807, 2.05) is 19.4 Å². The molecule has 2 saturated heterocycles. The van der Waals surface area contributed by atoms with Crippen molar-refractivity contribution in [1.82, 2.24) is 34.7 Å². The second-order valence-electron chi connectivity index (χ2n) is 7.19. The lowest BCUT2D eigenvalue weighted by atomic mass is 10.3. The number of hydrogen-bond acceptors (Lipinski definition) is 9. The third-order valence-corrected chi connectivity index (χ3v) is 5.44. The van der Waals surface area contributed by atoms with Gasteiger partial charge in [-0.25, -0.2) is 19.6 Å². The zero-order valence-corrected chi connectivity index (χ0v) is 15.5. The molecule has 3 aromatic rings. The molecular formula is C17H23N9O. The summed E-state index contributed by atoms with van der Waals surface area (Å²) >= 11 is 0. The van der Waals surface area contributed by atoms with Crippen molar-refractivity contribution in [1.29, 1.82) is 0 Å². The summed E-state index contributed by atoms with van der Waals surface area (Å²) in [5, 5.41) is 7.77. The average Bonchev–Trinajstić information content (AvgIpc) is 3.43. The van der Waals surface area contributed by atoms with E-state index in [9.17, 15) is 0 Å². The maximum absolute atomic E-state index is 4.83. The molecule has 2 fully saturated rings. The quantitative estimate of drug-likeness (QED) is 0.658. The maximum Gasteiger partial charge on any atom is 0.245 e. The van der Waals surface area contributed by atoms with Crippen LogP contribution in [0.25, 0.3) is 11.3 Å². The van der Waals surface area contributed by atoms with Gasteiger partial charge in [0.25, 0.3) is 0 Å². The fourth-order valence-electron chi connectivity index (χ4n) is 3.84. The molecule has 0 bridgehead atoms. The van der Waals surface area contributed by atoms with Crippen molar-refractivity contribution >= 4 is 22.9 Å². The van der Waals surface area contributed by atoms with Gasteiger partial charge in [0.2, 0.25) is 11.3 Å². The molecule has 10 heteroatoms. The Bertz CT molecular complexity index is 922. The molecule has 5 rings (SSSR count). The highest BCUT2D eigenvalue weighted by Gasteiger charge is 2.27. The van der Waals surface area contributed by atoms with Crippen LogP contribution in [0.4, 0.5) is 11.6 Å². The second-order valence-corrected chi connectivity index (χ2v) is 7.19. The zero-order valence-electron chi connectivity index (χ0n) is 15.5. The summed E-state index contributed by atoms with van der Waals surface area (Å²) < 4.78 is 6.91. The minimum absolute atomic E-state index is 0.475. The summed E-state index contributed by atoms with van der Waals surface area (Å²) in [6.45, 7) is 6.61. The minimum atomic E-state index is 0.475. The molecule has 0 aromatic carbocycles. The van der Waals surface area contributed by atoms with Crippen LogP contribution in [0.5, 0.6) is 0 Å². The lowest BCUT2D eigenvalue weighted by Crippen LogP contribution is -2.47. The number of anilines is 2. The molecular weight excluding hydrogens is 346 g/mol. The first-order valence-electron chi connectivity index (χ1n) is 9.47. The fraction of sp³-hybridized carbons (Fsp3) is 0.588. The van der Waals surface area contributed by atoms with Crippen molar-refractivity contribution in [3.63, 3.8) is 0 Å². The van der Waals surface area contributed by atoms with Crippen LogP contribution in [-0.4, -0.2) is 74.0 Å². The standard InChI is InChI=1S/C17H23N9O/c1-23-7-4-18-13(23)12-24-8-10-26(11-9-24)17-16(25-5-2-3-6-25)19-14-15(20-17)22-27-21-14/h4,7H,2-3,5-6,8-12H2,1H3. The normalized spacial score (nSPS) is 18.7. The molecule has 0 radical (unpaired) electrons. The number of fused-ring (bicyclic) bond motifs is 1. The molecule has 2 aliphatic rings. The van der Waals surface area contributed by atoms with Crippen LogP contribution < -0.4 is 9.80 Å². The van der Waals surface area contributed by atoms with Crippen LogP contribution in [0.15, 0.2) is 17.0 Å². The lowest BCUT2D eigenvalue weighted by molar-refractivity contribution is 0.241. The van der Waals surface area contributed by atoms with Gasteiger partial charge in [-0.3, -0.25) is 4.90 Å². The Labute approximate surface area is 156 Å². The number of nitrogens with zero attached hydrogens (tertiary/aromatic N) is 9. The van der Waals surface area contributed by atoms with E-state index in [-0.39, 0.29) is 0 Å². The first-order chi connectivity index (χ1) is 13.3. The summed E-state index contributed by atoms with van der Waals surface area (Å²) in [4.78, 5) is 20.9. The molecule has 27 heavy (non-hydrogen) atoms. The van der Waals surface area contributed by atoms with Gasteiger partial charge in [-0.1, -0.05) is 0 Å². The third-order valence-electron chi connectivity index (χ3n) is 5.44. The van der Waals surface area contributed by atoms with E-state index in [0.29, 0.717) is 11.3 Å². The number of aromatic nitrogens is 6. The summed E-state index contributed by atoms with van der Waals surface area (Å²) in [6.07, 6.45) is 6.22. The highest BCUT2D eigenvalue weighted by Crippen LogP contribution is 2.30. The molecule has 0 amide bonds. The minimum Gasteiger partial charge on any atom is -0.353 e. The summed E-state index contributed by atoms with van der Waals surface area (Å²) in [5.74, 6) is 2.90. The Morgan fingerprint density at radius 2 is 1.52 bits per heavy atom. The Balaban J connectivity index is 1.36. The van der Waals surface area contributed by atoms with Crippen molar-refractivity contribution in [2.75, 3.05) is 49.1 Å². The number of rotatable bonds is 4. The summed E-state index contributed by atoms with van der Waals surface area (Å²) in [6, 6.07) is 0. The topological polar surface area (TPSA) is 92.2 Å². The van der Waals surface area contributed by atoms with E-state index in [0.717, 1.165) is 63.3 Å². The van der Waals surface area contributed by atoms with Crippen LogP contribution in [-0.2, 0) is 13.6 Å². The van der Waals surface area contributed by atoms with Gasteiger partial charge in [-0.2, -0.15) is 0 Å². The molecule has 2 aliphatic heterocycles. The van der Waals surface area contributed by atoms with E-state index in [1.165, 1.54) is 12.8 Å². The largest absolute Gasteiger partial charge is 0.353 e. The second kappa shape index (κ2) is 6.76. The Morgan fingerprint density at radius 1 is 0.889 bits per heavy atom. The lowest BCUT2D eigenvalue weighted by Gasteiger charge is -2.36. The van der Waals surface area contributed by atoms with Gasteiger partial charge in [0.05, 0.1) is 6.54 Å². The predicted molar refractivity (Wildman–Crippen MR) is 99.5 cm³/mol. The number of piperazine rings is 1. The Hall–Kier alpha value is -2.75. The van der Waals surface area contributed by atoms with Crippen molar-refractivity contribution in [2.24, 2.45) is 7.05 Å². The van der Waals surface area contributed by atoms with Crippen LogP contribution in [0, 0.1) is 0 Å². The van der Waals surface area contributed by atoms with E-state index in [1.54, 1.807) is 0 Å². The molecule has 0 unspecified atom stereocenters. The molecule has 0 aliphatic carbocycles. The van der Waals surface area contributed by atoms with Crippen molar-refractivity contribution in [2.45, 2.75) is 19.4 Å². The Morgan fingerprint density at radius 3 is 2.11 bits per heavy atom. The zero-order chi connectivity index (χ0) is 18.2.